The molecule has 1 aromatic carbocycles. The molecule has 1 saturated carbocycles. The lowest BCUT2D eigenvalue weighted by Gasteiger charge is -2.37. The van der Waals surface area contributed by atoms with Gasteiger partial charge in [-0.25, -0.2) is 0 Å². The van der Waals surface area contributed by atoms with E-state index in [0.29, 0.717) is 13.2 Å². The smallest absolute Gasteiger partial charge is 0.166 e. The minimum atomic E-state index is -0.285. The Balaban J connectivity index is 1.95. The Kier molecular flexibility index (Phi) is 3.85. The normalized spacial score (nSPS) is 22.1. The first kappa shape index (κ1) is 13.7. The molecule has 110 valence electrons. The maximum absolute atomic E-state index is 6.67. The second kappa shape index (κ2) is 5.62. The Morgan fingerprint density at radius 3 is 2.55 bits per heavy atom. The van der Waals surface area contributed by atoms with E-state index < -0.39 is 0 Å². The molecular formula is C16H23NO3. The van der Waals surface area contributed by atoms with Crippen LogP contribution in [0.2, 0.25) is 0 Å². The van der Waals surface area contributed by atoms with Gasteiger partial charge in [0.15, 0.2) is 11.5 Å². The number of methoxy groups -OCH3 is 1. The molecule has 0 atom stereocenters. The molecule has 2 fully saturated rings. The van der Waals surface area contributed by atoms with Gasteiger partial charge in [-0.05, 0) is 18.9 Å². The van der Waals surface area contributed by atoms with E-state index in [1.165, 1.54) is 19.3 Å². The second-order valence-corrected chi connectivity index (χ2v) is 5.83. The van der Waals surface area contributed by atoms with Crippen molar-refractivity contribution in [3.63, 3.8) is 0 Å². The number of para-hydroxylation sites is 1. The summed E-state index contributed by atoms with van der Waals surface area (Å²) in [4.78, 5) is 0. The molecule has 4 nitrogen and oxygen atoms in total. The highest BCUT2D eigenvalue weighted by Crippen LogP contribution is 2.43. The van der Waals surface area contributed by atoms with Crippen LogP contribution in [0.5, 0.6) is 11.5 Å². The van der Waals surface area contributed by atoms with Crippen LogP contribution in [0.4, 0.5) is 0 Å². The van der Waals surface area contributed by atoms with Crippen molar-refractivity contribution in [1.82, 2.24) is 0 Å². The van der Waals surface area contributed by atoms with Gasteiger partial charge >= 0.3 is 0 Å². The van der Waals surface area contributed by atoms with Crippen molar-refractivity contribution in [3.05, 3.63) is 23.8 Å². The lowest BCUT2D eigenvalue weighted by molar-refractivity contribution is -0.0810. The van der Waals surface area contributed by atoms with Crippen LogP contribution in [0, 0.1) is 0 Å². The van der Waals surface area contributed by atoms with Gasteiger partial charge in [0.25, 0.3) is 0 Å². The summed E-state index contributed by atoms with van der Waals surface area (Å²) in [7, 11) is 1.67. The third kappa shape index (κ3) is 2.50. The molecule has 0 aromatic heterocycles. The van der Waals surface area contributed by atoms with E-state index in [4.69, 9.17) is 19.9 Å². The van der Waals surface area contributed by atoms with Crippen LogP contribution in [0.15, 0.2) is 18.2 Å². The number of hydrogen-bond acceptors (Lipinski definition) is 4. The summed E-state index contributed by atoms with van der Waals surface area (Å²) < 4.78 is 16.8. The van der Waals surface area contributed by atoms with Crippen LogP contribution < -0.4 is 15.2 Å². The lowest BCUT2D eigenvalue weighted by atomic mass is 9.77. The van der Waals surface area contributed by atoms with Crippen molar-refractivity contribution >= 4 is 0 Å². The SMILES string of the molecule is COc1cccc(C2(N)CCCCC2)c1OC1COC1. The van der Waals surface area contributed by atoms with Gasteiger partial charge < -0.3 is 19.9 Å². The first-order chi connectivity index (χ1) is 9.73. The predicted molar refractivity (Wildman–Crippen MR) is 77.2 cm³/mol. The lowest BCUT2D eigenvalue weighted by Crippen LogP contribution is -2.42. The number of hydrogen-bond donors (Lipinski definition) is 1. The maximum atomic E-state index is 6.67. The van der Waals surface area contributed by atoms with Crippen molar-refractivity contribution in [2.24, 2.45) is 5.73 Å². The molecule has 2 aliphatic rings. The Morgan fingerprint density at radius 2 is 1.95 bits per heavy atom. The van der Waals surface area contributed by atoms with Gasteiger partial charge in [-0.15, -0.1) is 0 Å². The van der Waals surface area contributed by atoms with E-state index in [2.05, 4.69) is 6.07 Å². The van der Waals surface area contributed by atoms with E-state index in [0.717, 1.165) is 29.9 Å². The summed E-state index contributed by atoms with van der Waals surface area (Å²) in [6, 6.07) is 6.02. The van der Waals surface area contributed by atoms with Gasteiger partial charge in [0.1, 0.15) is 6.10 Å². The van der Waals surface area contributed by atoms with E-state index >= 15 is 0 Å². The van der Waals surface area contributed by atoms with Gasteiger partial charge in [-0.1, -0.05) is 31.4 Å². The topological polar surface area (TPSA) is 53.7 Å². The molecule has 1 heterocycles. The molecule has 0 bridgehead atoms. The zero-order valence-corrected chi connectivity index (χ0v) is 12.1. The fourth-order valence-electron chi connectivity index (χ4n) is 3.09. The summed E-state index contributed by atoms with van der Waals surface area (Å²) >= 11 is 0. The Labute approximate surface area is 120 Å². The van der Waals surface area contributed by atoms with Gasteiger partial charge in [-0.3, -0.25) is 0 Å². The second-order valence-electron chi connectivity index (χ2n) is 5.83. The van der Waals surface area contributed by atoms with Crippen molar-refractivity contribution < 1.29 is 14.2 Å². The number of ether oxygens (including phenoxy) is 3. The van der Waals surface area contributed by atoms with E-state index in [9.17, 15) is 0 Å². The van der Waals surface area contributed by atoms with Crippen LogP contribution in [0.25, 0.3) is 0 Å². The molecule has 1 saturated heterocycles. The van der Waals surface area contributed by atoms with E-state index in [1.807, 2.05) is 12.1 Å². The van der Waals surface area contributed by atoms with Crippen molar-refractivity contribution in [2.75, 3.05) is 20.3 Å². The van der Waals surface area contributed by atoms with Crippen LogP contribution in [0.3, 0.4) is 0 Å². The van der Waals surface area contributed by atoms with E-state index in [-0.39, 0.29) is 11.6 Å². The molecule has 2 N–H and O–H groups in total. The monoisotopic (exact) mass is 277 g/mol. The predicted octanol–water partition coefficient (Wildman–Crippen LogP) is 2.59. The highest BCUT2D eigenvalue weighted by molar-refractivity contribution is 5.50. The highest BCUT2D eigenvalue weighted by Gasteiger charge is 2.34. The van der Waals surface area contributed by atoms with Crippen LogP contribution >= 0.6 is 0 Å². The fourth-order valence-corrected chi connectivity index (χ4v) is 3.09. The molecule has 4 heteroatoms. The van der Waals surface area contributed by atoms with E-state index in [1.54, 1.807) is 7.11 Å². The molecular weight excluding hydrogens is 254 g/mol. The quantitative estimate of drug-likeness (QED) is 0.919. The van der Waals surface area contributed by atoms with Crippen LogP contribution in [0.1, 0.15) is 37.7 Å². The minimum Gasteiger partial charge on any atom is -0.493 e. The largest absolute Gasteiger partial charge is 0.493 e. The van der Waals surface area contributed by atoms with Gasteiger partial charge in [0.05, 0.1) is 20.3 Å². The number of nitrogens with two attached hydrogens (primary N) is 1. The standard InChI is InChI=1S/C16H23NO3/c1-18-14-7-5-6-13(15(14)20-12-10-19-11-12)16(17)8-3-2-4-9-16/h5-7,12H,2-4,8-11,17H2,1H3. The molecule has 0 spiro atoms. The number of benzene rings is 1. The zero-order valence-electron chi connectivity index (χ0n) is 12.1. The maximum Gasteiger partial charge on any atom is 0.166 e. The molecule has 1 aliphatic heterocycles. The Bertz CT molecular complexity index is 465. The zero-order chi connectivity index (χ0) is 14.0. The van der Waals surface area contributed by atoms with Gasteiger partial charge in [0, 0.05) is 11.1 Å². The molecule has 1 aliphatic carbocycles. The molecule has 0 unspecified atom stereocenters. The molecule has 0 radical (unpaired) electrons. The van der Waals surface area contributed by atoms with Crippen molar-refractivity contribution in [1.29, 1.82) is 0 Å². The van der Waals surface area contributed by atoms with Crippen molar-refractivity contribution in [3.8, 4) is 11.5 Å². The van der Waals surface area contributed by atoms with Crippen molar-refractivity contribution in [2.45, 2.75) is 43.7 Å². The van der Waals surface area contributed by atoms with Crippen LogP contribution in [-0.2, 0) is 10.3 Å². The summed E-state index contributed by atoms with van der Waals surface area (Å²) in [5, 5.41) is 0. The average Bonchev–Trinajstić information content (AvgIpc) is 2.43. The molecule has 3 rings (SSSR count). The summed E-state index contributed by atoms with van der Waals surface area (Å²) in [6.45, 7) is 1.30. The molecule has 1 aromatic rings. The molecule has 20 heavy (non-hydrogen) atoms. The highest BCUT2D eigenvalue weighted by atomic mass is 16.6. The fraction of sp³-hybridized carbons (Fsp3) is 0.625. The first-order valence-electron chi connectivity index (χ1n) is 7.44. The summed E-state index contributed by atoms with van der Waals surface area (Å²) in [5.74, 6) is 1.58. The summed E-state index contributed by atoms with van der Waals surface area (Å²) in [6.07, 6.45) is 5.78. The average molecular weight is 277 g/mol. The van der Waals surface area contributed by atoms with Gasteiger partial charge in [0.2, 0.25) is 0 Å². The third-order valence-corrected chi connectivity index (χ3v) is 4.37. The minimum absolute atomic E-state index is 0.122. The van der Waals surface area contributed by atoms with Crippen LogP contribution in [-0.4, -0.2) is 26.4 Å². The summed E-state index contributed by atoms with van der Waals surface area (Å²) in [5.41, 5.74) is 7.47. The number of rotatable bonds is 4. The first-order valence-corrected chi connectivity index (χ1v) is 7.44. The third-order valence-electron chi connectivity index (χ3n) is 4.37. The Hall–Kier alpha value is -1.26. The molecule has 0 amide bonds. The van der Waals surface area contributed by atoms with Gasteiger partial charge in [-0.2, -0.15) is 0 Å². The Morgan fingerprint density at radius 1 is 1.20 bits per heavy atom.